The summed E-state index contributed by atoms with van der Waals surface area (Å²) in [6.07, 6.45) is -2.55. The molecule has 1 aromatic rings. The van der Waals surface area contributed by atoms with E-state index in [-0.39, 0.29) is 28.7 Å². The molecular formula is C10H9ClN2O5. The quantitative estimate of drug-likeness (QED) is 0.663. The van der Waals surface area contributed by atoms with Crippen LogP contribution in [0.15, 0.2) is 12.1 Å². The van der Waals surface area contributed by atoms with E-state index >= 15 is 0 Å². The fourth-order valence-electron chi connectivity index (χ4n) is 1.63. The van der Waals surface area contributed by atoms with Crippen molar-refractivity contribution in [3.8, 4) is 5.75 Å². The normalized spacial score (nSPS) is 17.8. The molecule has 1 unspecified atom stereocenters. The maximum Gasteiger partial charge on any atom is 0.412 e. The van der Waals surface area contributed by atoms with Crippen molar-refractivity contribution in [1.82, 2.24) is 0 Å². The predicted octanol–water partition coefficient (Wildman–Crippen LogP) is 1.25. The van der Waals surface area contributed by atoms with Crippen molar-refractivity contribution in [3.05, 3.63) is 17.2 Å². The molecule has 18 heavy (non-hydrogen) atoms. The average Bonchev–Trinajstić information content (AvgIpc) is 2.29. The first kappa shape index (κ1) is 12.3. The van der Waals surface area contributed by atoms with Crippen LogP contribution in [0.1, 0.15) is 0 Å². The Bertz CT molecular complexity index is 533. The lowest BCUT2D eigenvalue weighted by Gasteiger charge is -2.31. The molecule has 1 heterocycles. The molecule has 2 rings (SSSR count). The summed E-state index contributed by atoms with van der Waals surface area (Å²) in [5.74, 6) is -1.17. The molecule has 0 aromatic heterocycles. The van der Waals surface area contributed by atoms with Gasteiger partial charge in [0.25, 0.3) is 0 Å². The van der Waals surface area contributed by atoms with Gasteiger partial charge in [-0.1, -0.05) is 11.6 Å². The second-order valence-electron chi connectivity index (χ2n) is 3.68. The summed E-state index contributed by atoms with van der Waals surface area (Å²) in [6.45, 7) is -0.308. The number of nitrogen functional groups attached to an aromatic ring is 1. The Morgan fingerprint density at radius 2 is 2.11 bits per heavy atom. The molecule has 7 nitrogen and oxygen atoms in total. The zero-order chi connectivity index (χ0) is 13.4. The molecule has 96 valence electrons. The highest BCUT2D eigenvalue weighted by molar-refractivity contribution is 6.33. The van der Waals surface area contributed by atoms with Crippen LogP contribution in [0.3, 0.4) is 0 Å². The maximum absolute atomic E-state index is 11.1. The zero-order valence-electron chi connectivity index (χ0n) is 8.96. The highest BCUT2D eigenvalue weighted by Crippen LogP contribution is 2.38. The van der Waals surface area contributed by atoms with E-state index in [2.05, 4.69) is 0 Å². The standard InChI is InChI=1S/C10H9ClN2O5/c11-4-1-6-7(2-5(4)12)18-8(9(14)15)3-13(6)10(16)17/h1-2,8H,3,12H2,(H,14,15)(H,16,17). The largest absolute Gasteiger partial charge is 0.478 e. The molecule has 0 fully saturated rings. The van der Waals surface area contributed by atoms with Crippen LogP contribution in [0.5, 0.6) is 5.75 Å². The number of anilines is 2. The van der Waals surface area contributed by atoms with E-state index in [9.17, 15) is 9.59 Å². The minimum Gasteiger partial charge on any atom is -0.478 e. The van der Waals surface area contributed by atoms with Crippen LogP contribution in [0.25, 0.3) is 0 Å². The highest BCUT2D eigenvalue weighted by Gasteiger charge is 2.34. The summed E-state index contributed by atoms with van der Waals surface area (Å²) in [5.41, 5.74) is 5.93. The van der Waals surface area contributed by atoms with Crippen molar-refractivity contribution < 1.29 is 24.5 Å². The van der Waals surface area contributed by atoms with Gasteiger partial charge in [0.05, 0.1) is 22.9 Å². The Kier molecular flexibility index (Phi) is 2.92. The van der Waals surface area contributed by atoms with E-state index in [0.717, 1.165) is 4.90 Å². The number of ether oxygens (including phenoxy) is 1. The minimum absolute atomic E-state index is 0.0814. The Morgan fingerprint density at radius 3 is 2.67 bits per heavy atom. The number of rotatable bonds is 1. The third-order valence-electron chi connectivity index (χ3n) is 2.49. The predicted molar refractivity (Wildman–Crippen MR) is 63.3 cm³/mol. The third kappa shape index (κ3) is 2.00. The van der Waals surface area contributed by atoms with Crippen molar-refractivity contribution in [2.75, 3.05) is 17.2 Å². The molecule has 1 amide bonds. The Morgan fingerprint density at radius 1 is 1.44 bits per heavy atom. The molecule has 0 aliphatic carbocycles. The number of hydrogen-bond donors (Lipinski definition) is 3. The topological polar surface area (TPSA) is 113 Å². The summed E-state index contributed by atoms with van der Waals surface area (Å²) in [5, 5.41) is 18.1. The first-order valence-electron chi connectivity index (χ1n) is 4.89. The minimum atomic E-state index is -1.29. The molecule has 0 saturated carbocycles. The molecule has 8 heteroatoms. The van der Waals surface area contributed by atoms with Gasteiger partial charge in [0.1, 0.15) is 5.75 Å². The third-order valence-corrected chi connectivity index (χ3v) is 2.82. The molecule has 0 bridgehead atoms. The maximum atomic E-state index is 11.1. The van der Waals surface area contributed by atoms with Crippen LogP contribution in [-0.4, -0.2) is 34.9 Å². The van der Waals surface area contributed by atoms with Crippen molar-refractivity contribution in [2.24, 2.45) is 0 Å². The van der Waals surface area contributed by atoms with Gasteiger partial charge in [-0.15, -0.1) is 0 Å². The average molecular weight is 273 g/mol. The highest BCUT2D eigenvalue weighted by atomic mass is 35.5. The first-order valence-corrected chi connectivity index (χ1v) is 5.27. The van der Waals surface area contributed by atoms with E-state index in [1.165, 1.54) is 12.1 Å². The Labute approximate surface area is 106 Å². The van der Waals surface area contributed by atoms with Gasteiger partial charge in [-0.3, -0.25) is 4.90 Å². The van der Waals surface area contributed by atoms with Gasteiger partial charge in [0, 0.05) is 6.07 Å². The molecule has 1 aliphatic rings. The number of benzene rings is 1. The SMILES string of the molecule is Nc1cc2c(cc1Cl)N(C(=O)O)CC(C(=O)O)O2. The van der Waals surface area contributed by atoms with E-state index in [0.29, 0.717) is 0 Å². The van der Waals surface area contributed by atoms with Crippen molar-refractivity contribution in [3.63, 3.8) is 0 Å². The fraction of sp³-hybridized carbons (Fsp3) is 0.200. The van der Waals surface area contributed by atoms with Gasteiger partial charge in [-0.2, -0.15) is 0 Å². The van der Waals surface area contributed by atoms with Gasteiger partial charge in [-0.25, -0.2) is 9.59 Å². The molecule has 0 saturated heterocycles. The Hall–Kier alpha value is -2.15. The molecule has 1 aliphatic heterocycles. The summed E-state index contributed by atoms with van der Waals surface area (Å²) in [6, 6.07) is 2.64. The smallest absolute Gasteiger partial charge is 0.412 e. The number of nitrogens with two attached hydrogens (primary N) is 1. The van der Waals surface area contributed by atoms with Gasteiger partial charge in [-0.05, 0) is 6.07 Å². The number of nitrogens with zero attached hydrogens (tertiary/aromatic N) is 1. The molecular weight excluding hydrogens is 264 g/mol. The van der Waals surface area contributed by atoms with Crippen LogP contribution < -0.4 is 15.4 Å². The van der Waals surface area contributed by atoms with E-state index in [1.807, 2.05) is 0 Å². The van der Waals surface area contributed by atoms with Crippen LogP contribution in [0, 0.1) is 0 Å². The van der Waals surface area contributed by atoms with Gasteiger partial charge in [0.2, 0.25) is 6.10 Å². The Balaban J connectivity index is 2.51. The second-order valence-corrected chi connectivity index (χ2v) is 4.09. The van der Waals surface area contributed by atoms with E-state index in [1.54, 1.807) is 0 Å². The van der Waals surface area contributed by atoms with Gasteiger partial charge < -0.3 is 20.7 Å². The van der Waals surface area contributed by atoms with E-state index in [4.69, 9.17) is 32.3 Å². The number of aliphatic carboxylic acids is 1. The molecule has 1 atom stereocenters. The van der Waals surface area contributed by atoms with Crippen LogP contribution >= 0.6 is 11.6 Å². The van der Waals surface area contributed by atoms with Crippen LogP contribution in [-0.2, 0) is 4.79 Å². The number of amides is 1. The summed E-state index contributed by atoms with van der Waals surface area (Å²) in [4.78, 5) is 22.8. The van der Waals surface area contributed by atoms with Crippen LogP contribution in [0.4, 0.5) is 16.2 Å². The summed E-state index contributed by atoms with van der Waals surface area (Å²) < 4.78 is 5.17. The van der Waals surface area contributed by atoms with Crippen molar-refractivity contribution in [1.29, 1.82) is 0 Å². The number of carboxylic acids is 1. The first-order chi connectivity index (χ1) is 8.40. The zero-order valence-corrected chi connectivity index (χ0v) is 9.72. The molecule has 0 radical (unpaired) electrons. The number of hydrogen-bond acceptors (Lipinski definition) is 4. The molecule has 1 aromatic carbocycles. The fourth-order valence-corrected chi connectivity index (χ4v) is 1.79. The van der Waals surface area contributed by atoms with Crippen molar-refractivity contribution >= 4 is 35.0 Å². The second kappa shape index (κ2) is 4.26. The summed E-state index contributed by atoms with van der Waals surface area (Å²) in [7, 11) is 0. The summed E-state index contributed by atoms with van der Waals surface area (Å²) >= 11 is 5.80. The lowest BCUT2D eigenvalue weighted by molar-refractivity contribution is -0.144. The van der Waals surface area contributed by atoms with E-state index < -0.39 is 18.2 Å². The monoisotopic (exact) mass is 272 g/mol. The molecule has 0 spiro atoms. The number of halogens is 1. The van der Waals surface area contributed by atoms with Gasteiger partial charge >= 0.3 is 12.1 Å². The lowest BCUT2D eigenvalue weighted by atomic mass is 10.2. The number of carbonyl (C=O) groups is 2. The van der Waals surface area contributed by atoms with Gasteiger partial charge in [0.15, 0.2) is 0 Å². The number of carboxylic acid groups (broad SMARTS) is 2. The molecule has 4 N–H and O–H groups in total. The lowest BCUT2D eigenvalue weighted by Crippen LogP contribution is -2.46. The van der Waals surface area contributed by atoms with Crippen molar-refractivity contribution in [2.45, 2.75) is 6.10 Å². The number of fused-ring (bicyclic) bond motifs is 1. The van der Waals surface area contributed by atoms with Crippen LogP contribution in [0.2, 0.25) is 5.02 Å².